The van der Waals surface area contributed by atoms with E-state index in [2.05, 4.69) is 62.5 Å². The van der Waals surface area contributed by atoms with Gasteiger partial charge in [-0.1, -0.05) is 164 Å². The van der Waals surface area contributed by atoms with Gasteiger partial charge < -0.3 is 34.3 Å². The number of hydrogen-bond donors (Lipinski definition) is 4. The molecule has 0 aromatic heterocycles. The Hall–Kier alpha value is -2.91. The van der Waals surface area contributed by atoms with Gasteiger partial charge in [0.2, 0.25) is 0 Å². The molecule has 0 aromatic carbocycles. The van der Waals surface area contributed by atoms with Gasteiger partial charge in [0, 0.05) is 12.5 Å². The molecular weight excluding hydrogens is 813 g/mol. The van der Waals surface area contributed by atoms with Crippen LogP contribution >= 0.6 is 0 Å². The van der Waals surface area contributed by atoms with E-state index in [0.717, 1.165) is 57.8 Å². The van der Waals surface area contributed by atoms with Crippen LogP contribution in [0.4, 0.5) is 0 Å². The monoisotopic (exact) mass is 895 g/mol. The van der Waals surface area contributed by atoms with Crippen molar-refractivity contribution in [2.24, 2.45) is 0 Å². The molecule has 1 aliphatic heterocycles. The van der Waals surface area contributed by atoms with E-state index in [1.807, 2.05) is 6.08 Å². The van der Waals surface area contributed by atoms with Crippen LogP contribution in [0.1, 0.15) is 168 Å². The fourth-order valence-electron chi connectivity index (χ4n) is 6.69. The third-order valence-corrected chi connectivity index (χ3v) is 11.1. The number of aliphatic hydroxyl groups excluding tert-OH is 3. The molecule has 0 aromatic rings. The molecule has 12 nitrogen and oxygen atoms in total. The molecule has 2 unspecified atom stereocenters. The van der Waals surface area contributed by atoms with E-state index in [1.165, 1.54) is 89.5 Å². The molecular formula is C49H82O12S. The molecule has 1 fully saturated rings. The number of rotatable bonds is 38. The van der Waals surface area contributed by atoms with Crippen LogP contribution in [0.25, 0.3) is 0 Å². The van der Waals surface area contributed by atoms with Crippen LogP contribution < -0.4 is 0 Å². The number of ether oxygens (including phenoxy) is 4. The summed E-state index contributed by atoms with van der Waals surface area (Å²) < 4.78 is 53.9. The highest BCUT2D eigenvalue weighted by atomic mass is 32.2. The first-order valence-electron chi connectivity index (χ1n) is 23.5. The highest BCUT2D eigenvalue weighted by molar-refractivity contribution is 7.85. The SMILES string of the molecule is CCCCC/C=C/C/C=C/C/C=C/C/C=C/CCCCCC(=O)O[C@H](COC(=O)/C=C/C=C/CCCCCCCCCCCCC)CO[C@H]1O[C@H](CS(=O)(=O)O)[C@@H](O)C(O)C1O. The van der Waals surface area contributed by atoms with Gasteiger partial charge in [0.25, 0.3) is 10.1 Å². The average Bonchev–Trinajstić information content (AvgIpc) is 3.24. The minimum absolute atomic E-state index is 0.104. The zero-order valence-electron chi connectivity index (χ0n) is 37.9. The quantitative estimate of drug-likeness (QED) is 0.0115. The van der Waals surface area contributed by atoms with Gasteiger partial charge in [-0.05, 0) is 64.2 Å². The second-order valence-corrected chi connectivity index (χ2v) is 17.6. The number of allylic oxidation sites excluding steroid dienone is 11. The highest BCUT2D eigenvalue weighted by Crippen LogP contribution is 2.24. The van der Waals surface area contributed by atoms with E-state index in [1.54, 1.807) is 12.2 Å². The summed E-state index contributed by atoms with van der Waals surface area (Å²) in [5.74, 6) is -2.29. The zero-order chi connectivity index (χ0) is 45.5. The maximum atomic E-state index is 12.8. The second kappa shape index (κ2) is 38.5. The second-order valence-electron chi connectivity index (χ2n) is 16.1. The maximum Gasteiger partial charge on any atom is 0.330 e. The van der Waals surface area contributed by atoms with Gasteiger partial charge in [-0.2, -0.15) is 8.42 Å². The Morgan fingerprint density at radius 2 is 1.08 bits per heavy atom. The van der Waals surface area contributed by atoms with E-state index in [0.29, 0.717) is 6.42 Å². The lowest BCUT2D eigenvalue weighted by Crippen LogP contribution is -2.60. The molecule has 6 atom stereocenters. The van der Waals surface area contributed by atoms with Crippen LogP contribution in [0.2, 0.25) is 0 Å². The third kappa shape index (κ3) is 32.7. The van der Waals surface area contributed by atoms with Crippen LogP contribution in [0.15, 0.2) is 72.9 Å². The van der Waals surface area contributed by atoms with Gasteiger partial charge in [-0.3, -0.25) is 9.35 Å². The fraction of sp³-hybridized carbons (Fsp3) is 0.714. The first kappa shape index (κ1) is 57.1. The largest absolute Gasteiger partial charge is 0.458 e. The fourth-order valence-corrected chi connectivity index (χ4v) is 7.38. The van der Waals surface area contributed by atoms with Crippen LogP contribution in [0.3, 0.4) is 0 Å². The lowest BCUT2D eigenvalue weighted by Gasteiger charge is -2.40. The van der Waals surface area contributed by atoms with Crippen LogP contribution in [-0.2, 0) is 38.7 Å². The Morgan fingerprint density at radius 3 is 1.65 bits per heavy atom. The summed E-state index contributed by atoms with van der Waals surface area (Å²) in [6.07, 6.45) is 40.0. The minimum Gasteiger partial charge on any atom is -0.458 e. The first-order valence-corrected chi connectivity index (χ1v) is 25.1. The van der Waals surface area contributed by atoms with Crippen LogP contribution in [0.5, 0.6) is 0 Å². The molecule has 1 rings (SSSR count). The van der Waals surface area contributed by atoms with Crippen molar-refractivity contribution in [2.45, 2.75) is 205 Å². The number of carbonyl (C=O) groups excluding carboxylic acids is 2. The topological polar surface area (TPSA) is 186 Å². The first-order chi connectivity index (χ1) is 30.0. The highest BCUT2D eigenvalue weighted by Gasteiger charge is 2.46. The number of esters is 2. The summed E-state index contributed by atoms with van der Waals surface area (Å²) in [7, 11) is -4.62. The maximum absolute atomic E-state index is 12.8. The Morgan fingerprint density at radius 1 is 0.597 bits per heavy atom. The summed E-state index contributed by atoms with van der Waals surface area (Å²) in [6, 6.07) is 0. The molecule has 0 amide bonds. The van der Waals surface area contributed by atoms with Crippen molar-refractivity contribution in [3.8, 4) is 0 Å². The summed E-state index contributed by atoms with van der Waals surface area (Å²) in [6.45, 7) is 3.59. The molecule has 62 heavy (non-hydrogen) atoms. The normalized spacial score (nSPS) is 20.5. The predicted octanol–water partition coefficient (Wildman–Crippen LogP) is 9.89. The van der Waals surface area contributed by atoms with Gasteiger partial charge >= 0.3 is 11.9 Å². The minimum atomic E-state index is -4.62. The van der Waals surface area contributed by atoms with Gasteiger partial charge in [0.1, 0.15) is 36.8 Å². The van der Waals surface area contributed by atoms with E-state index in [4.69, 9.17) is 18.9 Å². The van der Waals surface area contributed by atoms with Crippen molar-refractivity contribution in [1.29, 1.82) is 0 Å². The molecule has 0 saturated carbocycles. The number of aliphatic hydroxyl groups is 3. The summed E-state index contributed by atoms with van der Waals surface area (Å²) in [5, 5.41) is 30.9. The van der Waals surface area contributed by atoms with E-state index < -0.39 is 77.8 Å². The predicted molar refractivity (Wildman–Crippen MR) is 247 cm³/mol. The molecule has 0 bridgehead atoms. The van der Waals surface area contributed by atoms with E-state index >= 15 is 0 Å². The van der Waals surface area contributed by atoms with Crippen molar-refractivity contribution in [1.82, 2.24) is 0 Å². The van der Waals surface area contributed by atoms with Crippen molar-refractivity contribution in [2.75, 3.05) is 19.0 Å². The molecule has 1 aliphatic rings. The Labute approximate surface area is 374 Å². The van der Waals surface area contributed by atoms with Gasteiger partial charge in [0.15, 0.2) is 12.4 Å². The summed E-state index contributed by atoms with van der Waals surface area (Å²) >= 11 is 0. The van der Waals surface area contributed by atoms with E-state index in [9.17, 15) is 37.9 Å². The summed E-state index contributed by atoms with van der Waals surface area (Å²) in [5.41, 5.74) is 0. The summed E-state index contributed by atoms with van der Waals surface area (Å²) in [4.78, 5) is 25.3. The molecule has 1 heterocycles. The standard InChI is InChI=1S/C49H82O12S/c1-3-5-7-9-11-13-15-17-19-20-21-22-24-26-28-30-32-34-36-38-45(51)60-42(40-59-49-48(54)47(53)46(52)43(61-49)41-62(55,56)57)39-58-44(50)37-35-33-31-29-27-25-23-18-16-14-12-10-8-6-4-2/h11,13,17,19,21-22,26,28,31,33,35,37,42-43,46-49,52-54H,3-10,12,14-16,18,20,23-25,27,29-30,32,34,36,38-41H2,1-2H3,(H,55,56,57)/b13-11+,19-17+,22-21+,28-26+,33-31+,37-35+/t42-,43-,46-,47?,48?,49+/m1/s1. The Kier molecular flexibility index (Phi) is 35.5. The molecule has 356 valence electrons. The molecule has 0 spiro atoms. The van der Waals surface area contributed by atoms with Crippen molar-refractivity contribution in [3.05, 3.63) is 72.9 Å². The average molecular weight is 895 g/mol. The lowest BCUT2D eigenvalue weighted by atomic mass is 10.00. The molecule has 13 heteroatoms. The van der Waals surface area contributed by atoms with Crippen molar-refractivity contribution in [3.63, 3.8) is 0 Å². The Balaban J connectivity index is 2.51. The number of hydrogen-bond acceptors (Lipinski definition) is 11. The van der Waals surface area contributed by atoms with Crippen LogP contribution in [0, 0.1) is 0 Å². The molecule has 0 aliphatic carbocycles. The molecule has 1 saturated heterocycles. The van der Waals surface area contributed by atoms with Gasteiger partial charge in [0.05, 0.1) is 6.61 Å². The lowest BCUT2D eigenvalue weighted by molar-refractivity contribution is -0.297. The molecule has 0 radical (unpaired) electrons. The van der Waals surface area contributed by atoms with Crippen LogP contribution in [-0.4, -0.2) is 96.0 Å². The molecule has 4 N–H and O–H groups in total. The number of carbonyl (C=O) groups is 2. The Bertz CT molecular complexity index is 1420. The smallest absolute Gasteiger partial charge is 0.330 e. The third-order valence-electron chi connectivity index (χ3n) is 10.4. The van der Waals surface area contributed by atoms with Gasteiger partial charge in [-0.15, -0.1) is 0 Å². The van der Waals surface area contributed by atoms with Gasteiger partial charge in [-0.25, -0.2) is 4.79 Å². The zero-order valence-corrected chi connectivity index (χ0v) is 38.8. The van der Waals surface area contributed by atoms with E-state index in [-0.39, 0.29) is 6.42 Å². The van der Waals surface area contributed by atoms with Crippen molar-refractivity contribution >= 4 is 22.1 Å². The number of unbranched alkanes of at least 4 members (excludes halogenated alkanes) is 17. The van der Waals surface area contributed by atoms with Crippen molar-refractivity contribution < 1.29 is 56.8 Å².